The number of benzene rings is 1. The highest BCUT2D eigenvalue weighted by Crippen LogP contribution is 2.18. The third-order valence-electron chi connectivity index (χ3n) is 4.60. The molecular weight excluding hydrogens is 362 g/mol. The average Bonchev–Trinajstić information content (AvgIpc) is 2.69. The topological polar surface area (TPSA) is 97.0 Å². The minimum Gasteiger partial charge on any atom is -0.466 e. The molecule has 1 fully saturated rings. The molecule has 28 heavy (non-hydrogen) atoms. The average molecular weight is 391 g/mol. The Morgan fingerprint density at radius 3 is 2.43 bits per heavy atom. The van der Waals surface area contributed by atoms with Crippen molar-refractivity contribution in [1.29, 1.82) is 0 Å². The zero-order valence-electron chi connectivity index (χ0n) is 16.5. The van der Waals surface area contributed by atoms with Crippen LogP contribution in [0.3, 0.4) is 0 Å². The number of piperidine rings is 1. The molecule has 1 aromatic carbocycles. The fraction of sp³-hybridized carbons (Fsp3) is 0.550. The van der Waals surface area contributed by atoms with E-state index in [-0.39, 0.29) is 30.2 Å². The number of ether oxygens (including phenoxy) is 2. The van der Waals surface area contributed by atoms with Gasteiger partial charge in [0.1, 0.15) is 0 Å². The number of rotatable bonds is 9. The van der Waals surface area contributed by atoms with E-state index in [2.05, 4.69) is 10.6 Å². The molecule has 0 aliphatic carbocycles. The lowest BCUT2D eigenvalue weighted by atomic mass is 9.97. The van der Waals surface area contributed by atoms with Gasteiger partial charge in [-0.15, -0.1) is 0 Å². The molecule has 1 aliphatic rings. The minimum atomic E-state index is -0.181. The van der Waals surface area contributed by atoms with E-state index in [0.29, 0.717) is 56.9 Å². The van der Waals surface area contributed by atoms with Gasteiger partial charge in [0, 0.05) is 24.9 Å². The number of methoxy groups -OCH3 is 1. The van der Waals surface area contributed by atoms with E-state index in [4.69, 9.17) is 9.47 Å². The highest BCUT2D eigenvalue weighted by molar-refractivity contribution is 5.96. The van der Waals surface area contributed by atoms with Crippen LogP contribution in [-0.2, 0) is 19.1 Å². The zero-order chi connectivity index (χ0) is 20.4. The van der Waals surface area contributed by atoms with Crippen LogP contribution in [0.4, 0.5) is 5.69 Å². The van der Waals surface area contributed by atoms with Crippen molar-refractivity contribution in [3.8, 4) is 0 Å². The van der Waals surface area contributed by atoms with Gasteiger partial charge < -0.3 is 20.1 Å². The first-order valence-electron chi connectivity index (χ1n) is 9.59. The van der Waals surface area contributed by atoms with E-state index in [1.165, 1.54) is 0 Å². The van der Waals surface area contributed by atoms with Gasteiger partial charge in [0.15, 0.2) is 0 Å². The number of anilines is 1. The standard InChI is InChI=1S/C20H29N3O5/c1-3-28-20(26)16-8-11-23(12-9-16)14-18(24)22-17-6-4-15(5-7-17)19(25)21-10-13-27-2/h4-7,16H,3,8-14H2,1-2H3,(H,21,25)(H,22,24). The van der Waals surface area contributed by atoms with Crippen molar-refractivity contribution in [3.05, 3.63) is 29.8 Å². The lowest BCUT2D eigenvalue weighted by molar-refractivity contribution is -0.149. The number of nitrogens with zero attached hydrogens (tertiary/aromatic N) is 1. The maximum absolute atomic E-state index is 12.3. The maximum Gasteiger partial charge on any atom is 0.309 e. The van der Waals surface area contributed by atoms with Crippen molar-refractivity contribution in [2.75, 3.05) is 51.8 Å². The first kappa shape index (κ1) is 21.8. The Hall–Kier alpha value is -2.45. The van der Waals surface area contributed by atoms with Gasteiger partial charge in [0.25, 0.3) is 5.91 Å². The molecule has 1 aliphatic heterocycles. The number of carbonyl (C=O) groups is 3. The second-order valence-electron chi connectivity index (χ2n) is 6.68. The summed E-state index contributed by atoms with van der Waals surface area (Å²) in [6.45, 7) is 4.76. The molecule has 0 spiro atoms. The molecule has 0 bridgehead atoms. The molecule has 1 aromatic rings. The number of likely N-dealkylation sites (tertiary alicyclic amines) is 1. The van der Waals surface area contributed by atoms with Gasteiger partial charge in [-0.1, -0.05) is 0 Å². The first-order valence-corrected chi connectivity index (χ1v) is 9.59. The van der Waals surface area contributed by atoms with Crippen LogP contribution in [-0.4, -0.2) is 69.2 Å². The monoisotopic (exact) mass is 391 g/mol. The Labute approximate surface area is 165 Å². The normalized spacial score (nSPS) is 15.1. The van der Waals surface area contributed by atoms with Crippen LogP contribution >= 0.6 is 0 Å². The van der Waals surface area contributed by atoms with E-state index in [1.54, 1.807) is 38.3 Å². The van der Waals surface area contributed by atoms with Gasteiger partial charge in [-0.05, 0) is 57.1 Å². The molecule has 8 nitrogen and oxygen atoms in total. The summed E-state index contributed by atoms with van der Waals surface area (Å²) in [6.07, 6.45) is 1.41. The lowest BCUT2D eigenvalue weighted by Gasteiger charge is -2.30. The summed E-state index contributed by atoms with van der Waals surface area (Å²) in [7, 11) is 1.58. The van der Waals surface area contributed by atoms with Crippen LogP contribution in [0.2, 0.25) is 0 Å². The number of hydrogen-bond acceptors (Lipinski definition) is 6. The van der Waals surface area contributed by atoms with E-state index < -0.39 is 0 Å². The number of nitrogens with one attached hydrogen (secondary N) is 2. The molecule has 2 rings (SSSR count). The highest BCUT2D eigenvalue weighted by atomic mass is 16.5. The molecule has 0 unspecified atom stereocenters. The lowest BCUT2D eigenvalue weighted by Crippen LogP contribution is -2.41. The number of carbonyl (C=O) groups excluding carboxylic acids is 3. The summed E-state index contributed by atoms with van der Waals surface area (Å²) < 4.78 is 9.95. The number of hydrogen-bond donors (Lipinski definition) is 2. The van der Waals surface area contributed by atoms with E-state index in [0.717, 1.165) is 0 Å². The van der Waals surface area contributed by atoms with Gasteiger partial charge in [0.05, 0.1) is 25.7 Å². The van der Waals surface area contributed by atoms with Crippen LogP contribution in [0, 0.1) is 5.92 Å². The third kappa shape index (κ3) is 6.94. The van der Waals surface area contributed by atoms with Crippen molar-refractivity contribution in [2.45, 2.75) is 19.8 Å². The van der Waals surface area contributed by atoms with Crippen LogP contribution in [0.1, 0.15) is 30.1 Å². The first-order chi connectivity index (χ1) is 13.5. The Bertz CT molecular complexity index is 654. The van der Waals surface area contributed by atoms with Crippen molar-refractivity contribution in [3.63, 3.8) is 0 Å². The summed E-state index contributed by atoms with van der Waals surface area (Å²) >= 11 is 0. The van der Waals surface area contributed by atoms with Crippen LogP contribution < -0.4 is 10.6 Å². The van der Waals surface area contributed by atoms with Crippen LogP contribution in [0.5, 0.6) is 0 Å². The van der Waals surface area contributed by atoms with Crippen molar-refractivity contribution < 1.29 is 23.9 Å². The molecule has 0 saturated carbocycles. The summed E-state index contributed by atoms with van der Waals surface area (Å²) in [5, 5.41) is 5.58. The molecular formula is C20H29N3O5. The second-order valence-corrected chi connectivity index (χ2v) is 6.68. The Morgan fingerprint density at radius 1 is 1.14 bits per heavy atom. The zero-order valence-corrected chi connectivity index (χ0v) is 16.5. The SMILES string of the molecule is CCOC(=O)C1CCN(CC(=O)Nc2ccc(C(=O)NCCOC)cc2)CC1. The molecule has 2 N–H and O–H groups in total. The minimum absolute atomic E-state index is 0.0677. The second kappa shape index (κ2) is 11.4. The molecule has 1 saturated heterocycles. The molecule has 0 atom stereocenters. The van der Waals surface area contributed by atoms with Gasteiger partial charge in [0.2, 0.25) is 5.91 Å². The highest BCUT2D eigenvalue weighted by Gasteiger charge is 2.26. The fourth-order valence-corrected chi connectivity index (χ4v) is 3.06. The third-order valence-corrected chi connectivity index (χ3v) is 4.60. The molecule has 1 heterocycles. The molecule has 0 radical (unpaired) electrons. The van der Waals surface area contributed by atoms with Crippen molar-refractivity contribution in [1.82, 2.24) is 10.2 Å². The van der Waals surface area contributed by atoms with Crippen LogP contribution in [0.15, 0.2) is 24.3 Å². The van der Waals surface area contributed by atoms with Gasteiger partial charge in [-0.2, -0.15) is 0 Å². The molecule has 0 aromatic heterocycles. The number of amides is 2. The summed E-state index contributed by atoms with van der Waals surface area (Å²) in [5.74, 6) is -0.508. The van der Waals surface area contributed by atoms with Crippen LogP contribution in [0.25, 0.3) is 0 Å². The van der Waals surface area contributed by atoms with Crippen molar-refractivity contribution in [2.24, 2.45) is 5.92 Å². The summed E-state index contributed by atoms with van der Waals surface area (Å²) in [5.41, 5.74) is 1.16. The fourth-order valence-electron chi connectivity index (χ4n) is 3.06. The predicted octanol–water partition coefficient (Wildman–Crippen LogP) is 1.28. The van der Waals surface area contributed by atoms with E-state index in [1.807, 2.05) is 4.90 Å². The van der Waals surface area contributed by atoms with Crippen molar-refractivity contribution >= 4 is 23.5 Å². The predicted molar refractivity (Wildman–Crippen MR) is 105 cm³/mol. The molecule has 8 heteroatoms. The Morgan fingerprint density at radius 2 is 1.82 bits per heavy atom. The van der Waals surface area contributed by atoms with Gasteiger partial charge in [-0.25, -0.2) is 0 Å². The van der Waals surface area contributed by atoms with Gasteiger partial charge >= 0.3 is 5.97 Å². The quantitative estimate of drug-likeness (QED) is 0.486. The maximum atomic E-state index is 12.3. The number of esters is 1. The largest absolute Gasteiger partial charge is 0.466 e. The van der Waals surface area contributed by atoms with Gasteiger partial charge in [-0.3, -0.25) is 19.3 Å². The smallest absolute Gasteiger partial charge is 0.309 e. The van der Waals surface area contributed by atoms with E-state index in [9.17, 15) is 14.4 Å². The summed E-state index contributed by atoms with van der Waals surface area (Å²) in [6, 6.07) is 6.75. The Balaban J connectivity index is 1.74. The Kier molecular flexibility index (Phi) is 8.90. The summed E-state index contributed by atoms with van der Waals surface area (Å²) in [4.78, 5) is 38.0. The molecule has 154 valence electrons. The van der Waals surface area contributed by atoms with E-state index >= 15 is 0 Å². The molecule has 2 amide bonds.